The Labute approximate surface area is 89.3 Å². The van der Waals surface area contributed by atoms with Gasteiger partial charge in [-0.05, 0) is 31.5 Å². The summed E-state index contributed by atoms with van der Waals surface area (Å²) in [6.07, 6.45) is -0.263. The van der Waals surface area contributed by atoms with E-state index in [4.69, 9.17) is 10.5 Å². The van der Waals surface area contributed by atoms with Gasteiger partial charge in [0.25, 0.3) is 0 Å². The Bertz CT molecular complexity index is 326. The third-order valence-corrected chi connectivity index (χ3v) is 2.15. The highest BCUT2D eigenvalue weighted by atomic mass is 16.5. The molecule has 0 heterocycles. The predicted octanol–water partition coefficient (Wildman–Crippen LogP) is 1.52. The maximum Gasteiger partial charge on any atom is 0.157 e. The highest BCUT2D eigenvalue weighted by Crippen LogP contribution is 2.30. The molecule has 2 atom stereocenters. The zero-order valence-corrected chi connectivity index (χ0v) is 8.97. The van der Waals surface area contributed by atoms with E-state index in [0.29, 0.717) is 6.61 Å². The highest BCUT2D eigenvalue weighted by molar-refractivity contribution is 5.41. The summed E-state index contributed by atoms with van der Waals surface area (Å²) in [5.41, 5.74) is 6.54. The molecule has 0 saturated heterocycles. The maximum atomic E-state index is 9.35. The van der Waals surface area contributed by atoms with Crippen LogP contribution in [-0.2, 0) is 4.74 Å². The fraction of sp³-hybridized carbons (Fsp3) is 0.455. The van der Waals surface area contributed by atoms with Crippen LogP contribution in [0, 0.1) is 0 Å². The van der Waals surface area contributed by atoms with Crippen molar-refractivity contribution in [3.05, 3.63) is 23.8 Å². The Morgan fingerprint density at radius 2 is 2.00 bits per heavy atom. The van der Waals surface area contributed by atoms with Gasteiger partial charge in [0.15, 0.2) is 11.5 Å². The SMILES string of the molecule is CCO[C@H](c1ccc(O)c(O)c1)[C@@H](C)N. The summed E-state index contributed by atoms with van der Waals surface area (Å²) in [6.45, 7) is 4.27. The monoisotopic (exact) mass is 211 g/mol. The first-order valence-corrected chi connectivity index (χ1v) is 4.95. The number of phenolic OH excluding ortho intramolecular Hbond substituents is 2. The molecule has 15 heavy (non-hydrogen) atoms. The van der Waals surface area contributed by atoms with Crippen molar-refractivity contribution in [1.29, 1.82) is 0 Å². The number of phenols is 2. The normalized spacial score (nSPS) is 14.9. The van der Waals surface area contributed by atoms with Gasteiger partial charge in [-0.3, -0.25) is 0 Å². The minimum atomic E-state index is -0.263. The van der Waals surface area contributed by atoms with E-state index in [9.17, 15) is 10.2 Å². The molecule has 0 bridgehead atoms. The lowest BCUT2D eigenvalue weighted by Crippen LogP contribution is -2.26. The fourth-order valence-corrected chi connectivity index (χ4v) is 1.45. The molecule has 0 aliphatic heterocycles. The molecule has 0 fully saturated rings. The molecule has 0 radical (unpaired) electrons. The predicted molar refractivity (Wildman–Crippen MR) is 57.8 cm³/mol. The van der Waals surface area contributed by atoms with E-state index in [1.165, 1.54) is 12.1 Å². The van der Waals surface area contributed by atoms with E-state index in [1.54, 1.807) is 6.07 Å². The molecule has 0 aliphatic carbocycles. The minimum Gasteiger partial charge on any atom is -0.504 e. The number of benzene rings is 1. The Hall–Kier alpha value is -1.26. The molecule has 1 aromatic carbocycles. The van der Waals surface area contributed by atoms with Crippen LogP contribution in [0.25, 0.3) is 0 Å². The first kappa shape index (κ1) is 11.8. The van der Waals surface area contributed by atoms with Crippen molar-refractivity contribution in [1.82, 2.24) is 0 Å². The summed E-state index contributed by atoms with van der Waals surface area (Å²) in [5.74, 6) is -0.295. The lowest BCUT2D eigenvalue weighted by Gasteiger charge is -2.21. The van der Waals surface area contributed by atoms with Crippen molar-refractivity contribution in [2.24, 2.45) is 5.73 Å². The van der Waals surface area contributed by atoms with Gasteiger partial charge in [-0.15, -0.1) is 0 Å². The Kier molecular flexibility index (Phi) is 3.94. The van der Waals surface area contributed by atoms with Gasteiger partial charge in [0.05, 0.1) is 6.10 Å². The van der Waals surface area contributed by atoms with Crippen molar-refractivity contribution < 1.29 is 14.9 Å². The topological polar surface area (TPSA) is 75.7 Å². The molecule has 0 saturated carbocycles. The smallest absolute Gasteiger partial charge is 0.157 e. The molecule has 1 rings (SSSR count). The van der Waals surface area contributed by atoms with Gasteiger partial charge in [0.1, 0.15) is 0 Å². The van der Waals surface area contributed by atoms with E-state index < -0.39 is 0 Å². The van der Waals surface area contributed by atoms with Crippen molar-refractivity contribution in [2.75, 3.05) is 6.61 Å². The number of ether oxygens (including phenoxy) is 1. The van der Waals surface area contributed by atoms with Crippen LogP contribution in [0.15, 0.2) is 18.2 Å². The van der Waals surface area contributed by atoms with Gasteiger partial charge in [0.2, 0.25) is 0 Å². The molecular formula is C11H17NO3. The van der Waals surface area contributed by atoms with Crippen LogP contribution in [0.5, 0.6) is 11.5 Å². The van der Waals surface area contributed by atoms with E-state index >= 15 is 0 Å². The van der Waals surface area contributed by atoms with Gasteiger partial charge >= 0.3 is 0 Å². The van der Waals surface area contributed by atoms with Crippen LogP contribution in [-0.4, -0.2) is 22.9 Å². The van der Waals surface area contributed by atoms with Gasteiger partial charge in [0, 0.05) is 12.6 Å². The van der Waals surface area contributed by atoms with Gasteiger partial charge in [-0.1, -0.05) is 6.07 Å². The molecular weight excluding hydrogens is 194 g/mol. The molecule has 0 amide bonds. The molecule has 4 N–H and O–H groups in total. The Balaban J connectivity index is 2.95. The highest BCUT2D eigenvalue weighted by Gasteiger charge is 2.17. The first-order chi connectivity index (χ1) is 7.06. The van der Waals surface area contributed by atoms with Crippen LogP contribution >= 0.6 is 0 Å². The molecule has 4 heteroatoms. The zero-order chi connectivity index (χ0) is 11.4. The third kappa shape index (κ3) is 2.84. The van der Waals surface area contributed by atoms with Crippen LogP contribution in [0.2, 0.25) is 0 Å². The Morgan fingerprint density at radius 1 is 1.33 bits per heavy atom. The maximum absolute atomic E-state index is 9.35. The van der Waals surface area contributed by atoms with Crippen molar-refractivity contribution in [3.8, 4) is 11.5 Å². The van der Waals surface area contributed by atoms with Crippen LogP contribution in [0.1, 0.15) is 25.5 Å². The second kappa shape index (κ2) is 5.00. The fourth-order valence-electron chi connectivity index (χ4n) is 1.45. The summed E-state index contributed by atoms with van der Waals surface area (Å²) in [4.78, 5) is 0. The van der Waals surface area contributed by atoms with Crippen molar-refractivity contribution >= 4 is 0 Å². The lowest BCUT2D eigenvalue weighted by molar-refractivity contribution is 0.0473. The summed E-state index contributed by atoms with van der Waals surface area (Å²) < 4.78 is 5.47. The molecule has 84 valence electrons. The Morgan fingerprint density at radius 3 is 2.47 bits per heavy atom. The average Bonchev–Trinajstić information content (AvgIpc) is 2.18. The summed E-state index contributed by atoms with van der Waals surface area (Å²) >= 11 is 0. The lowest BCUT2D eigenvalue weighted by atomic mass is 10.0. The summed E-state index contributed by atoms with van der Waals surface area (Å²) in [6, 6.07) is 4.42. The number of aromatic hydroxyl groups is 2. The van der Waals surface area contributed by atoms with Crippen LogP contribution in [0.4, 0.5) is 0 Å². The number of hydrogen-bond acceptors (Lipinski definition) is 4. The molecule has 0 unspecified atom stereocenters. The van der Waals surface area contributed by atoms with Gasteiger partial charge in [-0.2, -0.15) is 0 Å². The minimum absolute atomic E-state index is 0.140. The largest absolute Gasteiger partial charge is 0.504 e. The quantitative estimate of drug-likeness (QED) is 0.660. The molecule has 0 aromatic heterocycles. The van der Waals surface area contributed by atoms with Gasteiger partial charge in [-0.25, -0.2) is 0 Å². The van der Waals surface area contributed by atoms with E-state index in [-0.39, 0.29) is 23.6 Å². The second-order valence-electron chi connectivity index (χ2n) is 3.48. The molecule has 0 spiro atoms. The van der Waals surface area contributed by atoms with Crippen LogP contribution < -0.4 is 5.73 Å². The number of hydrogen-bond donors (Lipinski definition) is 3. The number of rotatable bonds is 4. The van der Waals surface area contributed by atoms with Crippen molar-refractivity contribution in [3.63, 3.8) is 0 Å². The summed E-state index contributed by atoms with van der Waals surface area (Å²) in [5, 5.41) is 18.5. The molecule has 0 aliphatic rings. The van der Waals surface area contributed by atoms with E-state index in [1.807, 2.05) is 13.8 Å². The first-order valence-electron chi connectivity index (χ1n) is 4.95. The van der Waals surface area contributed by atoms with E-state index in [0.717, 1.165) is 5.56 Å². The van der Waals surface area contributed by atoms with E-state index in [2.05, 4.69) is 0 Å². The summed E-state index contributed by atoms with van der Waals surface area (Å²) in [7, 11) is 0. The number of nitrogens with two attached hydrogens (primary N) is 1. The van der Waals surface area contributed by atoms with Crippen LogP contribution in [0.3, 0.4) is 0 Å². The van der Waals surface area contributed by atoms with Crippen molar-refractivity contribution in [2.45, 2.75) is 26.0 Å². The molecule has 1 aromatic rings. The second-order valence-corrected chi connectivity index (χ2v) is 3.48. The average molecular weight is 211 g/mol. The van der Waals surface area contributed by atoms with Gasteiger partial charge < -0.3 is 20.7 Å². The standard InChI is InChI=1S/C11H17NO3/c1-3-15-11(7(2)12)8-4-5-9(13)10(14)6-8/h4-7,11,13-14H,3,12H2,1-2H3/t7-,11+/m1/s1. The molecule has 4 nitrogen and oxygen atoms in total. The zero-order valence-electron chi connectivity index (χ0n) is 8.97. The third-order valence-electron chi connectivity index (χ3n) is 2.15.